The second-order valence-corrected chi connectivity index (χ2v) is 11.7. The molecule has 2 amide bonds. The van der Waals surface area contributed by atoms with Crippen molar-refractivity contribution in [3.05, 3.63) is 59.7 Å². The first kappa shape index (κ1) is 24.8. The number of hydrogen-bond donors (Lipinski definition) is 2. The Labute approximate surface area is 222 Å². The summed E-state index contributed by atoms with van der Waals surface area (Å²) in [6.45, 7) is 3.10. The van der Waals surface area contributed by atoms with Crippen LogP contribution in [0.2, 0.25) is 0 Å². The molecule has 3 fully saturated rings. The number of amides is 2. The van der Waals surface area contributed by atoms with E-state index >= 15 is 0 Å². The Morgan fingerprint density at radius 3 is 2.76 bits per heavy atom. The molecule has 3 aliphatic rings. The van der Waals surface area contributed by atoms with Crippen LogP contribution in [0.4, 0.5) is 4.79 Å². The first-order valence-electron chi connectivity index (χ1n) is 13.9. The quantitative estimate of drug-likeness (QED) is 0.482. The highest BCUT2D eigenvalue weighted by Crippen LogP contribution is 2.58. The minimum Gasteiger partial charge on any atom is -0.445 e. The molecular formula is C29H36N6O3. The molecule has 2 saturated carbocycles. The zero-order valence-electron chi connectivity index (χ0n) is 21.9. The fraction of sp³-hybridized carbons (Fsp3) is 0.552. The lowest BCUT2D eigenvalue weighted by molar-refractivity contribution is -0.127. The Bertz CT molecular complexity index is 1290. The molecule has 9 heteroatoms. The number of fused-ring (bicyclic) bond motifs is 1. The number of nitrogens with one attached hydrogen (secondary N) is 2. The number of aromatic nitrogens is 4. The molecular weight excluding hydrogens is 480 g/mol. The smallest absolute Gasteiger partial charge is 0.408 e. The molecule has 1 aliphatic heterocycles. The molecule has 3 atom stereocenters. The number of nitrogens with zero attached hydrogens (tertiary/aromatic N) is 4. The molecule has 2 aromatic heterocycles. The van der Waals surface area contributed by atoms with Gasteiger partial charge in [-0.1, -0.05) is 37.3 Å². The number of carbonyl (C=O) groups excluding carboxylic acids is 2. The standard InChI is InChI=1S/C29H36N6O3/c1-19-13-22(26(36)30-15-19)14-23-16-31-27-32-24(17-35(27)34-23)25(21-7-9-29(10-8-21)11-12-29)33-28(37)38-18-20-5-3-2-4-6-20/h2-6,16-17,19,21-22,25H,7-15,18H2,1H3,(H,30,36)(H,33,37)/t19-,22+,25+/m0/s1. The lowest BCUT2D eigenvalue weighted by Crippen LogP contribution is -2.41. The highest BCUT2D eigenvalue weighted by Gasteiger charge is 2.46. The topological polar surface area (TPSA) is 111 Å². The van der Waals surface area contributed by atoms with Crippen LogP contribution < -0.4 is 10.6 Å². The van der Waals surface area contributed by atoms with Gasteiger partial charge in [-0.25, -0.2) is 19.3 Å². The summed E-state index contributed by atoms with van der Waals surface area (Å²) in [6, 6.07) is 9.41. The number of imidazole rings is 1. The van der Waals surface area contributed by atoms with Crippen molar-refractivity contribution in [2.24, 2.45) is 23.2 Å². The van der Waals surface area contributed by atoms with Crippen molar-refractivity contribution >= 4 is 17.8 Å². The van der Waals surface area contributed by atoms with Crippen LogP contribution in [-0.2, 0) is 22.6 Å². The largest absolute Gasteiger partial charge is 0.445 e. The number of rotatable bonds is 7. The van der Waals surface area contributed by atoms with E-state index in [2.05, 4.69) is 22.5 Å². The third kappa shape index (κ3) is 5.51. The lowest BCUT2D eigenvalue weighted by Gasteiger charge is -2.33. The van der Waals surface area contributed by atoms with Crippen molar-refractivity contribution < 1.29 is 14.3 Å². The van der Waals surface area contributed by atoms with Crippen molar-refractivity contribution in [2.75, 3.05) is 6.54 Å². The fourth-order valence-electron chi connectivity index (χ4n) is 6.19. The molecule has 0 unspecified atom stereocenters. The molecule has 2 aliphatic carbocycles. The molecule has 200 valence electrons. The molecule has 9 nitrogen and oxygen atoms in total. The van der Waals surface area contributed by atoms with Gasteiger partial charge in [-0.15, -0.1) is 0 Å². The fourth-order valence-corrected chi connectivity index (χ4v) is 6.19. The van der Waals surface area contributed by atoms with Crippen LogP contribution in [0.3, 0.4) is 0 Å². The van der Waals surface area contributed by atoms with E-state index < -0.39 is 6.09 Å². The Morgan fingerprint density at radius 1 is 1.21 bits per heavy atom. The van der Waals surface area contributed by atoms with Gasteiger partial charge in [0.05, 0.1) is 29.8 Å². The maximum atomic E-state index is 12.9. The van der Waals surface area contributed by atoms with Gasteiger partial charge in [0.2, 0.25) is 5.91 Å². The maximum Gasteiger partial charge on any atom is 0.408 e. The SMILES string of the molecule is C[C@@H]1CNC(=O)[C@@H](Cc2cnc3nc([C@H](NC(=O)OCc4ccccc4)C4CCC5(CC4)CC5)cn3n2)C1. The van der Waals surface area contributed by atoms with Crippen LogP contribution in [0.1, 0.15) is 74.9 Å². The predicted molar refractivity (Wildman–Crippen MR) is 141 cm³/mol. The third-order valence-corrected chi connectivity index (χ3v) is 8.72. The van der Waals surface area contributed by atoms with E-state index in [1.54, 1.807) is 10.7 Å². The predicted octanol–water partition coefficient (Wildman–Crippen LogP) is 4.38. The van der Waals surface area contributed by atoms with Gasteiger partial charge in [-0.05, 0) is 67.8 Å². The molecule has 0 bridgehead atoms. The molecule has 3 heterocycles. The lowest BCUT2D eigenvalue weighted by atomic mass is 9.76. The zero-order valence-corrected chi connectivity index (χ0v) is 21.9. The second-order valence-electron chi connectivity index (χ2n) is 11.7. The van der Waals surface area contributed by atoms with Gasteiger partial charge in [0.15, 0.2) is 0 Å². The summed E-state index contributed by atoms with van der Waals surface area (Å²) in [4.78, 5) is 34.5. The van der Waals surface area contributed by atoms with E-state index in [0.717, 1.165) is 42.8 Å². The minimum atomic E-state index is -0.443. The number of carbonyl (C=O) groups is 2. The Hall–Kier alpha value is -3.49. The maximum absolute atomic E-state index is 12.9. The molecule has 1 spiro atoms. The van der Waals surface area contributed by atoms with Crippen molar-refractivity contribution in [1.29, 1.82) is 0 Å². The van der Waals surface area contributed by atoms with Crippen LogP contribution in [0.5, 0.6) is 0 Å². The third-order valence-electron chi connectivity index (χ3n) is 8.72. The molecule has 38 heavy (non-hydrogen) atoms. The van der Waals surface area contributed by atoms with E-state index in [9.17, 15) is 9.59 Å². The van der Waals surface area contributed by atoms with E-state index in [0.29, 0.717) is 23.5 Å². The van der Waals surface area contributed by atoms with Crippen molar-refractivity contribution in [2.45, 2.75) is 70.9 Å². The first-order chi connectivity index (χ1) is 18.5. The summed E-state index contributed by atoms with van der Waals surface area (Å²) < 4.78 is 7.25. The number of benzene rings is 1. The highest BCUT2D eigenvalue weighted by atomic mass is 16.5. The summed E-state index contributed by atoms with van der Waals surface area (Å²) in [6.07, 6.45) is 11.7. The second kappa shape index (κ2) is 10.3. The average molecular weight is 517 g/mol. The summed E-state index contributed by atoms with van der Waals surface area (Å²) in [5.41, 5.74) is 3.01. The highest BCUT2D eigenvalue weighted by molar-refractivity contribution is 5.79. The van der Waals surface area contributed by atoms with Crippen molar-refractivity contribution in [3.63, 3.8) is 0 Å². The van der Waals surface area contributed by atoms with Gasteiger partial charge in [0, 0.05) is 18.9 Å². The molecule has 2 N–H and O–H groups in total. The minimum absolute atomic E-state index is 0.0836. The molecule has 1 aromatic carbocycles. The van der Waals surface area contributed by atoms with Crippen LogP contribution in [0, 0.1) is 23.2 Å². The van der Waals surface area contributed by atoms with Gasteiger partial charge in [0.25, 0.3) is 5.78 Å². The summed E-state index contributed by atoms with van der Waals surface area (Å²) in [5.74, 6) is 1.21. The van der Waals surface area contributed by atoms with E-state index in [1.807, 2.05) is 36.5 Å². The average Bonchev–Trinajstić information content (AvgIpc) is 3.55. The van der Waals surface area contributed by atoms with Gasteiger partial charge < -0.3 is 15.4 Å². The number of ether oxygens (including phenoxy) is 1. The van der Waals surface area contributed by atoms with Crippen molar-refractivity contribution in [1.82, 2.24) is 30.2 Å². The normalized spacial score (nSPS) is 23.7. The summed E-state index contributed by atoms with van der Waals surface area (Å²) in [5, 5.41) is 10.8. The van der Waals surface area contributed by atoms with E-state index in [-0.39, 0.29) is 30.4 Å². The van der Waals surface area contributed by atoms with Crippen LogP contribution in [0.25, 0.3) is 5.78 Å². The Morgan fingerprint density at radius 2 is 2.00 bits per heavy atom. The molecule has 3 aromatic rings. The molecule has 0 radical (unpaired) electrons. The summed E-state index contributed by atoms with van der Waals surface area (Å²) in [7, 11) is 0. The summed E-state index contributed by atoms with van der Waals surface area (Å²) >= 11 is 0. The number of hydrogen-bond acceptors (Lipinski definition) is 6. The molecule has 1 saturated heterocycles. The Kier molecular flexibility index (Phi) is 6.76. The van der Waals surface area contributed by atoms with Gasteiger partial charge >= 0.3 is 6.09 Å². The van der Waals surface area contributed by atoms with Crippen LogP contribution in [0.15, 0.2) is 42.7 Å². The van der Waals surface area contributed by atoms with Crippen LogP contribution in [-0.4, -0.2) is 38.1 Å². The van der Waals surface area contributed by atoms with Crippen LogP contribution >= 0.6 is 0 Å². The van der Waals surface area contributed by atoms with Gasteiger partial charge in [-0.3, -0.25) is 4.79 Å². The molecule has 6 rings (SSSR count). The van der Waals surface area contributed by atoms with Gasteiger partial charge in [-0.2, -0.15) is 5.10 Å². The van der Waals surface area contributed by atoms with E-state index in [1.165, 1.54) is 25.7 Å². The number of piperidine rings is 1. The van der Waals surface area contributed by atoms with E-state index in [4.69, 9.17) is 14.8 Å². The van der Waals surface area contributed by atoms with Crippen molar-refractivity contribution in [3.8, 4) is 0 Å². The van der Waals surface area contributed by atoms with Gasteiger partial charge in [0.1, 0.15) is 6.61 Å². The monoisotopic (exact) mass is 516 g/mol. The Balaban J connectivity index is 1.19. The zero-order chi connectivity index (χ0) is 26.1. The number of alkyl carbamates (subject to hydrolysis) is 1. The first-order valence-corrected chi connectivity index (χ1v) is 13.9.